The zero-order chi connectivity index (χ0) is 22.0. The number of aryl methyl sites for hydroxylation is 1. The van der Waals surface area contributed by atoms with E-state index in [2.05, 4.69) is 4.98 Å². The molecule has 1 saturated heterocycles. The smallest absolute Gasteiger partial charge is 0.311 e. The van der Waals surface area contributed by atoms with E-state index in [9.17, 15) is 14.4 Å². The maximum absolute atomic E-state index is 12.6. The maximum atomic E-state index is 12.6. The summed E-state index contributed by atoms with van der Waals surface area (Å²) in [4.78, 5) is 43.3. The predicted octanol–water partition coefficient (Wildman–Crippen LogP) is 2.50. The summed E-state index contributed by atoms with van der Waals surface area (Å²) in [5, 5.41) is 0. The van der Waals surface area contributed by atoms with Gasteiger partial charge in [-0.3, -0.25) is 18.8 Å². The molecule has 0 spiro atoms. The van der Waals surface area contributed by atoms with Crippen molar-refractivity contribution >= 4 is 23.2 Å². The lowest BCUT2D eigenvalue weighted by atomic mass is 10.1. The Morgan fingerprint density at radius 2 is 1.97 bits per heavy atom. The molecule has 31 heavy (non-hydrogen) atoms. The molecule has 1 aromatic carbocycles. The first-order valence-corrected chi connectivity index (χ1v) is 10.1. The van der Waals surface area contributed by atoms with Crippen molar-refractivity contribution in [2.24, 2.45) is 5.92 Å². The summed E-state index contributed by atoms with van der Waals surface area (Å²) in [7, 11) is 0. The number of ether oxygens (including phenoxy) is 2. The third-order valence-electron chi connectivity index (χ3n) is 5.22. The summed E-state index contributed by atoms with van der Waals surface area (Å²) in [5.74, 6) is -0.456. The lowest BCUT2D eigenvalue weighted by Crippen LogP contribution is -2.26. The van der Waals surface area contributed by atoms with Crippen molar-refractivity contribution in [2.75, 3.05) is 18.1 Å². The molecule has 1 unspecified atom stereocenters. The number of benzene rings is 1. The monoisotopic (exact) mass is 421 g/mol. The number of esters is 1. The molecule has 8 heteroatoms. The molecule has 1 amide bonds. The Labute approximate surface area is 179 Å². The third-order valence-corrected chi connectivity index (χ3v) is 5.22. The van der Waals surface area contributed by atoms with Gasteiger partial charge in [-0.05, 0) is 49.7 Å². The van der Waals surface area contributed by atoms with Crippen LogP contribution in [0.15, 0.2) is 53.5 Å². The van der Waals surface area contributed by atoms with E-state index in [0.29, 0.717) is 23.6 Å². The van der Waals surface area contributed by atoms with E-state index in [-0.39, 0.29) is 31.0 Å². The van der Waals surface area contributed by atoms with Crippen molar-refractivity contribution in [1.82, 2.24) is 9.38 Å². The van der Waals surface area contributed by atoms with Crippen molar-refractivity contribution in [3.05, 3.63) is 70.3 Å². The molecule has 1 aliphatic heterocycles. The molecular weight excluding hydrogens is 398 g/mol. The molecule has 1 aliphatic rings. The lowest BCUT2D eigenvalue weighted by Gasteiger charge is -2.17. The van der Waals surface area contributed by atoms with Gasteiger partial charge < -0.3 is 14.4 Å². The van der Waals surface area contributed by atoms with Crippen LogP contribution in [-0.2, 0) is 20.9 Å². The fraction of sp³-hybridized carbons (Fsp3) is 0.304. The highest BCUT2D eigenvalue weighted by Crippen LogP contribution is 2.27. The van der Waals surface area contributed by atoms with E-state index < -0.39 is 11.9 Å². The van der Waals surface area contributed by atoms with Crippen molar-refractivity contribution in [2.45, 2.75) is 26.9 Å². The fourth-order valence-corrected chi connectivity index (χ4v) is 3.65. The first-order chi connectivity index (χ1) is 15.0. The molecule has 0 radical (unpaired) electrons. The van der Waals surface area contributed by atoms with Gasteiger partial charge >= 0.3 is 5.97 Å². The van der Waals surface area contributed by atoms with Crippen LogP contribution in [-0.4, -0.2) is 34.4 Å². The SMILES string of the molecule is CCOc1ccc(N2CC(C(=O)OCc3cc(=O)n4cccc(C)c4n3)CC2=O)cc1. The van der Waals surface area contributed by atoms with Gasteiger partial charge in [0.15, 0.2) is 0 Å². The summed E-state index contributed by atoms with van der Waals surface area (Å²) in [6, 6.07) is 12.2. The van der Waals surface area contributed by atoms with E-state index in [4.69, 9.17) is 9.47 Å². The average molecular weight is 421 g/mol. The maximum Gasteiger partial charge on any atom is 0.311 e. The summed E-state index contributed by atoms with van der Waals surface area (Å²) in [6.45, 7) is 4.45. The Morgan fingerprint density at radius 1 is 1.19 bits per heavy atom. The number of anilines is 1. The van der Waals surface area contributed by atoms with Gasteiger partial charge in [-0.25, -0.2) is 4.98 Å². The van der Waals surface area contributed by atoms with Crippen LogP contribution in [0.1, 0.15) is 24.6 Å². The van der Waals surface area contributed by atoms with E-state index in [1.807, 2.05) is 19.9 Å². The van der Waals surface area contributed by atoms with Gasteiger partial charge in [0.1, 0.15) is 18.0 Å². The molecule has 3 aromatic rings. The molecular formula is C23H23N3O5. The molecule has 0 bridgehead atoms. The standard InChI is InChI=1S/C23H23N3O5/c1-3-30-19-8-6-18(7-9-19)26-13-16(11-20(26)27)23(29)31-14-17-12-21(28)25-10-4-5-15(2)22(25)24-17/h4-10,12,16H,3,11,13-14H2,1-2H3. The highest BCUT2D eigenvalue weighted by Gasteiger charge is 2.36. The van der Waals surface area contributed by atoms with Gasteiger partial charge in [0.25, 0.3) is 5.56 Å². The van der Waals surface area contributed by atoms with Gasteiger partial charge in [0, 0.05) is 30.9 Å². The Balaban J connectivity index is 1.41. The molecule has 160 valence electrons. The molecule has 8 nitrogen and oxygen atoms in total. The molecule has 0 saturated carbocycles. The molecule has 0 N–H and O–H groups in total. The molecule has 3 heterocycles. The largest absolute Gasteiger partial charge is 0.494 e. The number of rotatable bonds is 6. The minimum Gasteiger partial charge on any atom is -0.494 e. The highest BCUT2D eigenvalue weighted by molar-refractivity contribution is 5.99. The number of fused-ring (bicyclic) bond motifs is 1. The van der Waals surface area contributed by atoms with Crippen LogP contribution >= 0.6 is 0 Å². The van der Waals surface area contributed by atoms with Gasteiger partial charge in [0.2, 0.25) is 5.91 Å². The minimum absolute atomic E-state index is 0.0823. The highest BCUT2D eigenvalue weighted by atomic mass is 16.5. The summed E-state index contributed by atoms with van der Waals surface area (Å²) in [5.41, 5.74) is 2.22. The fourth-order valence-electron chi connectivity index (χ4n) is 3.65. The number of nitrogens with zero attached hydrogens (tertiary/aromatic N) is 3. The van der Waals surface area contributed by atoms with Crippen LogP contribution in [0.4, 0.5) is 5.69 Å². The van der Waals surface area contributed by atoms with Crippen LogP contribution in [0.5, 0.6) is 5.75 Å². The first kappa shape index (κ1) is 20.6. The number of pyridine rings is 1. The number of hydrogen-bond acceptors (Lipinski definition) is 6. The predicted molar refractivity (Wildman–Crippen MR) is 114 cm³/mol. The topological polar surface area (TPSA) is 90.2 Å². The summed E-state index contributed by atoms with van der Waals surface area (Å²) in [6.07, 6.45) is 1.73. The lowest BCUT2D eigenvalue weighted by molar-refractivity contribution is -0.149. The summed E-state index contributed by atoms with van der Waals surface area (Å²) < 4.78 is 12.3. The third kappa shape index (κ3) is 4.28. The van der Waals surface area contributed by atoms with E-state index >= 15 is 0 Å². The molecule has 4 rings (SSSR count). The first-order valence-electron chi connectivity index (χ1n) is 10.1. The number of amides is 1. The molecule has 0 aliphatic carbocycles. The van der Waals surface area contributed by atoms with Crippen LogP contribution in [0.25, 0.3) is 5.65 Å². The number of aromatic nitrogens is 2. The average Bonchev–Trinajstić information content (AvgIpc) is 3.15. The zero-order valence-corrected chi connectivity index (χ0v) is 17.4. The second-order valence-electron chi connectivity index (χ2n) is 7.41. The van der Waals surface area contributed by atoms with Gasteiger partial charge in [0.05, 0.1) is 18.2 Å². The van der Waals surface area contributed by atoms with Crippen molar-refractivity contribution < 1.29 is 19.1 Å². The van der Waals surface area contributed by atoms with Crippen LogP contribution in [0.3, 0.4) is 0 Å². The molecule has 2 aromatic heterocycles. The number of carbonyl (C=O) groups is 2. The Morgan fingerprint density at radius 3 is 2.71 bits per heavy atom. The van der Waals surface area contributed by atoms with E-state index in [1.165, 1.54) is 10.5 Å². The normalized spacial score (nSPS) is 16.0. The summed E-state index contributed by atoms with van der Waals surface area (Å²) >= 11 is 0. The van der Waals surface area contributed by atoms with Gasteiger partial charge in [-0.1, -0.05) is 6.07 Å². The van der Waals surface area contributed by atoms with Crippen molar-refractivity contribution in [1.29, 1.82) is 0 Å². The quantitative estimate of drug-likeness (QED) is 0.568. The van der Waals surface area contributed by atoms with Crippen LogP contribution in [0, 0.1) is 12.8 Å². The van der Waals surface area contributed by atoms with Gasteiger partial charge in [-0.15, -0.1) is 0 Å². The Kier molecular flexibility index (Phi) is 5.70. The Hall–Kier alpha value is -3.68. The van der Waals surface area contributed by atoms with Crippen molar-refractivity contribution in [3.8, 4) is 5.75 Å². The van der Waals surface area contributed by atoms with Gasteiger partial charge in [-0.2, -0.15) is 0 Å². The minimum atomic E-state index is -0.567. The second-order valence-corrected chi connectivity index (χ2v) is 7.41. The Bertz CT molecular complexity index is 1190. The number of carbonyl (C=O) groups excluding carboxylic acids is 2. The molecule has 1 fully saturated rings. The van der Waals surface area contributed by atoms with E-state index in [0.717, 1.165) is 11.3 Å². The van der Waals surface area contributed by atoms with Crippen molar-refractivity contribution in [3.63, 3.8) is 0 Å². The van der Waals surface area contributed by atoms with Crippen LogP contribution in [0.2, 0.25) is 0 Å². The molecule has 1 atom stereocenters. The van der Waals surface area contributed by atoms with E-state index in [1.54, 1.807) is 41.4 Å². The number of hydrogen-bond donors (Lipinski definition) is 0. The zero-order valence-electron chi connectivity index (χ0n) is 17.4. The second kappa shape index (κ2) is 8.59. The van der Waals surface area contributed by atoms with Crippen LogP contribution < -0.4 is 15.2 Å².